The second-order valence-corrected chi connectivity index (χ2v) is 6.27. The molecule has 2 rings (SSSR count). The van der Waals surface area contributed by atoms with Crippen LogP contribution in [-0.2, 0) is 6.54 Å². The van der Waals surface area contributed by atoms with E-state index in [1.54, 1.807) is 0 Å². The number of benzene rings is 1. The second kappa shape index (κ2) is 6.33. The summed E-state index contributed by atoms with van der Waals surface area (Å²) in [6, 6.07) is 6.42. The monoisotopic (exact) mass is 289 g/mol. The summed E-state index contributed by atoms with van der Waals surface area (Å²) in [5, 5.41) is 5.67. The number of hydrogen-bond acceptors (Lipinski definition) is 2. The Balaban J connectivity index is 1.95. The maximum Gasteiger partial charge on any atom is 0.0637 e. The van der Waals surface area contributed by atoms with E-state index in [4.69, 9.17) is 23.2 Å². The standard InChI is InChI=1S/C13H17Cl2NS/c1-17-12-7-3-6-11(12)16-8-9-4-2-5-10(14)13(9)15/h2,4-5,11-12,16H,3,6-8H2,1H3. The van der Waals surface area contributed by atoms with Crippen LogP contribution in [0.15, 0.2) is 18.2 Å². The largest absolute Gasteiger partial charge is 0.309 e. The average molecular weight is 290 g/mol. The van der Waals surface area contributed by atoms with Gasteiger partial charge in [0.05, 0.1) is 10.0 Å². The van der Waals surface area contributed by atoms with Gasteiger partial charge in [-0.3, -0.25) is 0 Å². The van der Waals surface area contributed by atoms with Crippen LogP contribution >= 0.6 is 35.0 Å². The Labute approximate surface area is 117 Å². The van der Waals surface area contributed by atoms with Crippen LogP contribution in [0.25, 0.3) is 0 Å². The van der Waals surface area contributed by atoms with Crippen molar-refractivity contribution in [3.05, 3.63) is 33.8 Å². The molecule has 0 amide bonds. The van der Waals surface area contributed by atoms with Gasteiger partial charge in [0.1, 0.15) is 0 Å². The van der Waals surface area contributed by atoms with E-state index in [9.17, 15) is 0 Å². The Morgan fingerprint density at radius 1 is 1.35 bits per heavy atom. The van der Waals surface area contributed by atoms with Gasteiger partial charge in [-0.25, -0.2) is 0 Å². The third-order valence-electron chi connectivity index (χ3n) is 3.34. The van der Waals surface area contributed by atoms with Crippen LogP contribution in [0.5, 0.6) is 0 Å². The maximum atomic E-state index is 6.17. The number of thioether (sulfide) groups is 1. The van der Waals surface area contributed by atoms with Crippen molar-refractivity contribution >= 4 is 35.0 Å². The number of hydrogen-bond donors (Lipinski definition) is 1. The Morgan fingerprint density at radius 2 is 2.18 bits per heavy atom. The molecule has 4 heteroatoms. The zero-order valence-electron chi connectivity index (χ0n) is 9.88. The first-order valence-electron chi connectivity index (χ1n) is 5.91. The van der Waals surface area contributed by atoms with Gasteiger partial charge in [0, 0.05) is 17.8 Å². The van der Waals surface area contributed by atoms with E-state index >= 15 is 0 Å². The van der Waals surface area contributed by atoms with Crippen molar-refractivity contribution in [3.8, 4) is 0 Å². The number of nitrogens with one attached hydrogen (secondary N) is 1. The first-order chi connectivity index (χ1) is 8.22. The molecule has 0 spiro atoms. The van der Waals surface area contributed by atoms with Crippen molar-refractivity contribution < 1.29 is 0 Å². The third-order valence-corrected chi connectivity index (χ3v) is 5.37. The van der Waals surface area contributed by atoms with Crippen molar-refractivity contribution in [1.82, 2.24) is 5.32 Å². The quantitative estimate of drug-likeness (QED) is 0.884. The summed E-state index contributed by atoms with van der Waals surface area (Å²) in [5.41, 5.74) is 1.09. The lowest BCUT2D eigenvalue weighted by Gasteiger charge is -2.19. The molecule has 1 saturated carbocycles. The minimum atomic E-state index is 0.611. The molecule has 1 fully saturated rings. The molecule has 0 bridgehead atoms. The Morgan fingerprint density at radius 3 is 2.94 bits per heavy atom. The minimum Gasteiger partial charge on any atom is -0.309 e. The summed E-state index contributed by atoms with van der Waals surface area (Å²) in [5.74, 6) is 0. The number of halogens is 2. The van der Waals surface area contributed by atoms with Gasteiger partial charge in [-0.1, -0.05) is 41.8 Å². The molecule has 0 saturated heterocycles. The fraction of sp³-hybridized carbons (Fsp3) is 0.538. The van der Waals surface area contributed by atoms with Crippen LogP contribution in [-0.4, -0.2) is 17.5 Å². The summed E-state index contributed by atoms with van der Waals surface area (Å²) in [4.78, 5) is 0. The van der Waals surface area contributed by atoms with E-state index in [2.05, 4.69) is 11.6 Å². The molecule has 1 N–H and O–H groups in total. The van der Waals surface area contributed by atoms with Gasteiger partial charge >= 0.3 is 0 Å². The first-order valence-corrected chi connectivity index (χ1v) is 7.96. The molecule has 0 radical (unpaired) electrons. The van der Waals surface area contributed by atoms with Crippen molar-refractivity contribution in [2.75, 3.05) is 6.26 Å². The smallest absolute Gasteiger partial charge is 0.0637 e. The molecular formula is C13H17Cl2NS. The van der Waals surface area contributed by atoms with Crippen molar-refractivity contribution in [1.29, 1.82) is 0 Å². The van der Waals surface area contributed by atoms with Gasteiger partial charge in [0.2, 0.25) is 0 Å². The van der Waals surface area contributed by atoms with E-state index in [0.717, 1.165) is 17.4 Å². The molecular weight excluding hydrogens is 273 g/mol. The molecule has 94 valence electrons. The molecule has 1 aliphatic carbocycles. The molecule has 2 unspecified atom stereocenters. The Bertz CT molecular complexity index is 384. The summed E-state index contributed by atoms with van der Waals surface area (Å²) in [7, 11) is 0. The Kier molecular flexibility index (Phi) is 5.04. The molecule has 1 aromatic carbocycles. The van der Waals surface area contributed by atoms with Crippen LogP contribution in [0, 0.1) is 0 Å². The molecule has 17 heavy (non-hydrogen) atoms. The number of rotatable bonds is 4. The molecule has 1 aliphatic rings. The van der Waals surface area contributed by atoms with Gasteiger partial charge in [-0.2, -0.15) is 11.8 Å². The molecule has 0 heterocycles. The molecule has 0 aromatic heterocycles. The van der Waals surface area contributed by atoms with Crippen LogP contribution in [0.1, 0.15) is 24.8 Å². The zero-order valence-corrected chi connectivity index (χ0v) is 12.2. The summed E-state index contributed by atoms with van der Waals surface area (Å²) in [6.07, 6.45) is 6.11. The van der Waals surface area contributed by atoms with Crippen LogP contribution < -0.4 is 5.32 Å². The molecule has 1 nitrogen and oxygen atoms in total. The topological polar surface area (TPSA) is 12.0 Å². The van der Waals surface area contributed by atoms with Gasteiger partial charge in [-0.15, -0.1) is 0 Å². The van der Waals surface area contributed by atoms with E-state index < -0.39 is 0 Å². The van der Waals surface area contributed by atoms with Crippen LogP contribution in [0.4, 0.5) is 0 Å². The lowest BCUT2D eigenvalue weighted by Crippen LogP contribution is -2.33. The minimum absolute atomic E-state index is 0.611. The second-order valence-electron chi connectivity index (χ2n) is 4.41. The van der Waals surface area contributed by atoms with Gasteiger partial charge in [-0.05, 0) is 30.7 Å². The van der Waals surface area contributed by atoms with Crippen molar-refractivity contribution in [2.24, 2.45) is 0 Å². The third kappa shape index (κ3) is 3.31. The first kappa shape index (κ1) is 13.5. The fourth-order valence-corrected chi connectivity index (χ4v) is 3.72. The highest BCUT2D eigenvalue weighted by atomic mass is 35.5. The molecule has 1 aromatic rings. The summed E-state index contributed by atoms with van der Waals surface area (Å²) < 4.78 is 0. The fourth-order valence-electron chi connectivity index (χ4n) is 2.37. The SMILES string of the molecule is CSC1CCCC1NCc1cccc(Cl)c1Cl. The predicted molar refractivity (Wildman–Crippen MR) is 78.2 cm³/mol. The highest BCUT2D eigenvalue weighted by molar-refractivity contribution is 7.99. The van der Waals surface area contributed by atoms with Gasteiger partial charge < -0.3 is 5.32 Å². The van der Waals surface area contributed by atoms with Crippen molar-refractivity contribution in [2.45, 2.75) is 37.1 Å². The Hall–Kier alpha value is 0.110. The van der Waals surface area contributed by atoms with Gasteiger partial charge in [0.25, 0.3) is 0 Å². The maximum absolute atomic E-state index is 6.17. The van der Waals surface area contributed by atoms with Gasteiger partial charge in [0.15, 0.2) is 0 Å². The highest BCUT2D eigenvalue weighted by Crippen LogP contribution is 2.30. The molecule has 0 aliphatic heterocycles. The predicted octanol–water partition coefficient (Wildman–Crippen LogP) is 4.37. The van der Waals surface area contributed by atoms with E-state index in [0.29, 0.717) is 16.1 Å². The van der Waals surface area contributed by atoms with Crippen LogP contribution in [0.2, 0.25) is 10.0 Å². The van der Waals surface area contributed by atoms with E-state index in [-0.39, 0.29) is 0 Å². The average Bonchev–Trinajstić information content (AvgIpc) is 2.78. The summed E-state index contributed by atoms with van der Waals surface area (Å²) in [6.45, 7) is 0.807. The molecule has 2 atom stereocenters. The zero-order chi connectivity index (χ0) is 12.3. The van der Waals surface area contributed by atoms with E-state index in [1.165, 1.54) is 19.3 Å². The van der Waals surface area contributed by atoms with Crippen LogP contribution in [0.3, 0.4) is 0 Å². The normalized spacial score (nSPS) is 24.2. The van der Waals surface area contributed by atoms with E-state index in [1.807, 2.05) is 30.0 Å². The lowest BCUT2D eigenvalue weighted by molar-refractivity contribution is 0.532. The summed E-state index contributed by atoms with van der Waals surface area (Å²) >= 11 is 14.1. The van der Waals surface area contributed by atoms with Crippen molar-refractivity contribution in [3.63, 3.8) is 0 Å². The lowest BCUT2D eigenvalue weighted by atomic mass is 10.2. The highest BCUT2D eigenvalue weighted by Gasteiger charge is 2.25.